The van der Waals surface area contributed by atoms with Crippen molar-refractivity contribution in [1.29, 1.82) is 5.26 Å². The Balaban J connectivity index is 3.02. The third-order valence-corrected chi connectivity index (χ3v) is 1.69. The fraction of sp³-hybridized carbons (Fsp3) is 0.0909. The summed E-state index contributed by atoms with van der Waals surface area (Å²) in [5.74, 6) is 0. The van der Waals surface area contributed by atoms with E-state index in [1.807, 2.05) is 31.2 Å². The molecule has 0 saturated carbocycles. The fourth-order valence-electron chi connectivity index (χ4n) is 0.995. The normalized spacial score (nSPS) is 11.6. The highest BCUT2D eigenvalue weighted by Crippen LogP contribution is 2.13. The third-order valence-electron chi connectivity index (χ3n) is 1.69. The molecule has 1 heterocycles. The maximum absolute atomic E-state index is 8.59. The van der Waals surface area contributed by atoms with Gasteiger partial charge in [0.15, 0.2) is 5.69 Å². The van der Waals surface area contributed by atoms with Gasteiger partial charge in [0.05, 0.1) is 5.69 Å². The highest BCUT2D eigenvalue weighted by molar-refractivity contribution is 5.72. The number of rotatable bonds is 3. The zero-order chi connectivity index (χ0) is 10.4. The van der Waals surface area contributed by atoms with Gasteiger partial charge in [0, 0.05) is 6.07 Å². The maximum Gasteiger partial charge on any atom is 0.162 e. The van der Waals surface area contributed by atoms with E-state index in [-0.39, 0.29) is 0 Å². The molecule has 0 fully saturated rings. The molecule has 0 saturated heterocycles. The minimum absolute atomic E-state index is 0.383. The summed E-state index contributed by atoms with van der Waals surface area (Å²) in [6.45, 7) is 5.63. The van der Waals surface area contributed by atoms with Crippen molar-refractivity contribution in [1.82, 2.24) is 10.2 Å². The number of hydrogen-bond donors (Lipinski definition) is 1. The first-order chi connectivity index (χ1) is 6.81. The lowest BCUT2D eigenvalue weighted by Crippen LogP contribution is -1.79. The van der Waals surface area contributed by atoms with Crippen molar-refractivity contribution in [3.63, 3.8) is 0 Å². The van der Waals surface area contributed by atoms with Crippen molar-refractivity contribution in [2.75, 3.05) is 0 Å². The molecule has 3 nitrogen and oxygen atoms in total. The molecule has 3 heteroatoms. The second-order valence-electron chi connectivity index (χ2n) is 2.63. The van der Waals surface area contributed by atoms with E-state index in [1.54, 1.807) is 12.1 Å². The molecule has 0 radical (unpaired) electrons. The van der Waals surface area contributed by atoms with Crippen LogP contribution in [0.3, 0.4) is 0 Å². The molecule has 0 atom stereocenters. The maximum atomic E-state index is 8.59. The van der Waals surface area contributed by atoms with Gasteiger partial charge in [-0.2, -0.15) is 10.4 Å². The molecule has 14 heavy (non-hydrogen) atoms. The Kier molecular flexibility index (Phi) is 3.45. The van der Waals surface area contributed by atoms with Crippen LogP contribution in [0.25, 0.3) is 5.57 Å². The molecule has 0 bridgehead atoms. The minimum Gasteiger partial charge on any atom is -0.277 e. The van der Waals surface area contributed by atoms with E-state index in [2.05, 4.69) is 16.8 Å². The first kappa shape index (κ1) is 10.0. The van der Waals surface area contributed by atoms with Crippen LogP contribution in [0.2, 0.25) is 0 Å². The van der Waals surface area contributed by atoms with E-state index in [1.165, 1.54) is 0 Å². The summed E-state index contributed by atoms with van der Waals surface area (Å²) in [5, 5.41) is 15.2. The van der Waals surface area contributed by atoms with Gasteiger partial charge in [0.1, 0.15) is 6.07 Å². The molecule has 1 aromatic rings. The fourth-order valence-corrected chi connectivity index (χ4v) is 0.995. The quantitative estimate of drug-likeness (QED) is 0.735. The standard InChI is InChI=1S/C11H11N3/c1-3-5-6-9(4-2)11-7-10(8-12)13-14-11/h3-7H,2H2,1H3,(H,13,14)/b5-3-,9-6+. The number of aromatic nitrogens is 2. The van der Waals surface area contributed by atoms with E-state index in [9.17, 15) is 0 Å². The number of nitriles is 1. The van der Waals surface area contributed by atoms with E-state index in [4.69, 9.17) is 5.26 Å². The highest BCUT2D eigenvalue weighted by atomic mass is 15.1. The van der Waals surface area contributed by atoms with Crippen LogP contribution in [-0.2, 0) is 0 Å². The second-order valence-corrected chi connectivity index (χ2v) is 2.63. The smallest absolute Gasteiger partial charge is 0.162 e. The van der Waals surface area contributed by atoms with Crippen molar-refractivity contribution in [3.05, 3.63) is 48.3 Å². The third kappa shape index (κ3) is 2.20. The summed E-state index contributed by atoms with van der Waals surface area (Å²) >= 11 is 0. The van der Waals surface area contributed by atoms with E-state index >= 15 is 0 Å². The predicted octanol–water partition coefficient (Wildman–Crippen LogP) is 2.43. The van der Waals surface area contributed by atoms with Gasteiger partial charge in [-0.3, -0.25) is 5.10 Å². The monoisotopic (exact) mass is 185 g/mol. The van der Waals surface area contributed by atoms with Crippen LogP contribution in [0.15, 0.2) is 36.9 Å². The first-order valence-corrected chi connectivity index (χ1v) is 4.23. The summed E-state index contributed by atoms with van der Waals surface area (Å²) in [6, 6.07) is 3.65. The average molecular weight is 185 g/mol. The van der Waals surface area contributed by atoms with Gasteiger partial charge in [-0.1, -0.05) is 30.9 Å². The molecule has 1 aromatic heterocycles. The van der Waals surface area contributed by atoms with Crippen LogP contribution in [-0.4, -0.2) is 10.2 Å². The Morgan fingerprint density at radius 3 is 3.00 bits per heavy atom. The molecule has 70 valence electrons. The average Bonchev–Trinajstić information content (AvgIpc) is 2.68. The minimum atomic E-state index is 0.383. The van der Waals surface area contributed by atoms with Gasteiger partial charge >= 0.3 is 0 Å². The SMILES string of the molecule is C=C/C(=C\C=C/C)c1cc(C#N)n[nH]1. The zero-order valence-corrected chi connectivity index (χ0v) is 7.99. The lowest BCUT2D eigenvalue weighted by Gasteiger charge is -1.93. The number of hydrogen-bond acceptors (Lipinski definition) is 2. The lowest BCUT2D eigenvalue weighted by molar-refractivity contribution is 1.06. The lowest BCUT2D eigenvalue weighted by atomic mass is 10.1. The number of allylic oxidation sites excluding steroid dienone is 5. The number of nitrogens with one attached hydrogen (secondary N) is 1. The Hall–Kier alpha value is -2.08. The molecule has 0 unspecified atom stereocenters. The van der Waals surface area contributed by atoms with Gasteiger partial charge < -0.3 is 0 Å². The number of nitrogens with zero attached hydrogens (tertiary/aromatic N) is 2. The molecule has 0 aliphatic rings. The Labute approximate surface area is 83.1 Å². The van der Waals surface area contributed by atoms with Crippen molar-refractivity contribution >= 4 is 5.57 Å². The van der Waals surface area contributed by atoms with Gasteiger partial charge in [0.25, 0.3) is 0 Å². The van der Waals surface area contributed by atoms with Crippen molar-refractivity contribution < 1.29 is 0 Å². The molecule has 1 rings (SSSR count). The van der Waals surface area contributed by atoms with Gasteiger partial charge in [-0.05, 0) is 12.5 Å². The molecule has 0 spiro atoms. The molecule has 1 N–H and O–H groups in total. The Bertz CT molecular complexity index is 416. The largest absolute Gasteiger partial charge is 0.277 e. The van der Waals surface area contributed by atoms with Crippen molar-refractivity contribution in [3.8, 4) is 6.07 Å². The summed E-state index contributed by atoms with van der Waals surface area (Å²) in [6.07, 6.45) is 7.45. The molecule has 0 aromatic carbocycles. The number of H-pyrrole nitrogens is 1. The van der Waals surface area contributed by atoms with Crippen LogP contribution < -0.4 is 0 Å². The van der Waals surface area contributed by atoms with Crippen LogP contribution in [0.4, 0.5) is 0 Å². The van der Waals surface area contributed by atoms with Crippen molar-refractivity contribution in [2.45, 2.75) is 6.92 Å². The summed E-state index contributed by atoms with van der Waals surface area (Å²) in [7, 11) is 0. The molecule has 0 aliphatic heterocycles. The Morgan fingerprint density at radius 2 is 2.50 bits per heavy atom. The van der Waals surface area contributed by atoms with Gasteiger partial charge in [-0.15, -0.1) is 0 Å². The highest BCUT2D eigenvalue weighted by Gasteiger charge is 2.01. The first-order valence-electron chi connectivity index (χ1n) is 4.23. The molecular weight excluding hydrogens is 174 g/mol. The molecule has 0 aliphatic carbocycles. The van der Waals surface area contributed by atoms with Crippen molar-refractivity contribution in [2.24, 2.45) is 0 Å². The molecule has 0 amide bonds. The van der Waals surface area contributed by atoms with Crippen LogP contribution in [0, 0.1) is 11.3 Å². The van der Waals surface area contributed by atoms with Crippen LogP contribution in [0.5, 0.6) is 0 Å². The zero-order valence-electron chi connectivity index (χ0n) is 7.99. The van der Waals surface area contributed by atoms with Crippen LogP contribution >= 0.6 is 0 Å². The van der Waals surface area contributed by atoms with Gasteiger partial charge in [0.2, 0.25) is 0 Å². The van der Waals surface area contributed by atoms with Crippen LogP contribution in [0.1, 0.15) is 18.3 Å². The summed E-state index contributed by atoms with van der Waals surface area (Å²) in [4.78, 5) is 0. The number of aromatic amines is 1. The van der Waals surface area contributed by atoms with E-state index < -0.39 is 0 Å². The predicted molar refractivity (Wildman–Crippen MR) is 56.3 cm³/mol. The Morgan fingerprint density at radius 1 is 1.71 bits per heavy atom. The van der Waals surface area contributed by atoms with Gasteiger partial charge in [-0.25, -0.2) is 0 Å². The molecular formula is C11H11N3. The summed E-state index contributed by atoms with van der Waals surface area (Å²) in [5.41, 5.74) is 2.10. The van der Waals surface area contributed by atoms with E-state index in [0.29, 0.717) is 5.69 Å². The second kappa shape index (κ2) is 4.83. The van der Waals surface area contributed by atoms with E-state index in [0.717, 1.165) is 11.3 Å². The summed E-state index contributed by atoms with van der Waals surface area (Å²) < 4.78 is 0. The topological polar surface area (TPSA) is 52.5 Å².